The topological polar surface area (TPSA) is 35.9 Å². The number of thiocarbonyl (C=S) groups is 1. The van der Waals surface area contributed by atoms with Gasteiger partial charge in [-0.25, -0.2) is 4.39 Å². The SMILES string of the molecule is Cc1c(C)c2c(c(C)c1O)CC(C)C(C(=S)N1CCN(c3ccc(F)cc3)CC1)O2. The fraction of sp³-hybridized carbons (Fsp3) is 0.458. The fourth-order valence-electron chi connectivity index (χ4n) is 4.56. The second-order valence-corrected chi connectivity index (χ2v) is 8.96. The van der Waals surface area contributed by atoms with Gasteiger partial charge in [-0.15, -0.1) is 0 Å². The zero-order valence-electron chi connectivity index (χ0n) is 18.0. The Bertz CT molecular complexity index is 968. The molecular formula is C24H29FN2O2S. The van der Waals surface area contributed by atoms with Crippen LogP contribution in [-0.4, -0.2) is 47.3 Å². The van der Waals surface area contributed by atoms with Crippen LogP contribution in [0.5, 0.6) is 11.5 Å². The Hall–Kier alpha value is -2.34. The third kappa shape index (κ3) is 3.62. The number of nitrogens with zero attached hydrogens (tertiary/aromatic N) is 2. The van der Waals surface area contributed by atoms with Crippen LogP contribution in [0.2, 0.25) is 0 Å². The molecule has 2 aromatic rings. The minimum absolute atomic E-state index is 0.146. The first-order chi connectivity index (χ1) is 14.3. The van der Waals surface area contributed by atoms with Crippen LogP contribution in [0.1, 0.15) is 29.2 Å². The first-order valence-corrected chi connectivity index (χ1v) is 11.0. The third-order valence-corrected chi connectivity index (χ3v) is 7.15. The van der Waals surface area contributed by atoms with Crippen LogP contribution in [0.25, 0.3) is 0 Å². The van der Waals surface area contributed by atoms with Gasteiger partial charge in [0.05, 0.1) is 0 Å². The summed E-state index contributed by atoms with van der Waals surface area (Å²) in [6.07, 6.45) is 0.697. The molecule has 2 aliphatic rings. The van der Waals surface area contributed by atoms with Crippen LogP contribution in [0.15, 0.2) is 24.3 Å². The number of hydrogen-bond acceptors (Lipinski definition) is 4. The van der Waals surface area contributed by atoms with Crippen molar-refractivity contribution in [1.82, 2.24) is 4.90 Å². The Morgan fingerprint density at radius 2 is 1.67 bits per heavy atom. The molecule has 2 unspecified atom stereocenters. The van der Waals surface area contributed by atoms with Gasteiger partial charge in [0, 0.05) is 43.3 Å². The molecule has 30 heavy (non-hydrogen) atoms. The number of piperazine rings is 1. The molecule has 0 bridgehead atoms. The van der Waals surface area contributed by atoms with Crippen molar-refractivity contribution in [2.24, 2.45) is 5.92 Å². The van der Waals surface area contributed by atoms with E-state index in [9.17, 15) is 9.50 Å². The Balaban J connectivity index is 1.48. The molecular weight excluding hydrogens is 399 g/mol. The highest BCUT2D eigenvalue weighted by Gasteiger charge is 2.36. The Kier molecular flexibility index (Phi) is 5.62. The van der Waals surface area contributed by atoms with E-state index in [4.69, 9.17) is 17.0 Å². The average molecular weight is 429 g/mol. The van der Waals surface area contributed by atoms with Crippen molar-refractivity contribution in [1.29, 1.82) is 0 Å². The van der Waals surface area contributed by atoms with Gasteiger partial charge in [0.1, 0.15) is 22.3 Å². The molecule has 2 aromatic carbocycles. The van der Waals surface area contributed by atoms with Gasteiger partial charge >= 0.3 is 0 Å². The molecule has 1 saturated heterocycles. The number of aromatic hydroxyl groups is 1. The summed E-state index contributed by atoms with van der Waals surface area (Å²) in [5, 5.41) is 10.4. The number of rotatable bonds is 2. The van der Waals surface area contributed by atoms with Gasteiger partial charge in [0.2, 0.25) is 0 Å². The van der Waals surface area contributed by atoms with Crippen molar-refractivity contribution >= 4 is 22.9 Å². The molecule has 2 atom stereocenters. The van der Waals surface area contributed by atoms with Gasteiger partial charge in [-0.3, -0.25) is 0 Å². The zero-order valence-corrected chi connectivity index (χ0v) is 18.9. The normalized spacial score (nSPS) is 21.2. The molecule has 2 heterocycles. The van der Waals surface area contributed by atoms with Crippen LogP contribution in [0, 0.1) is 32.5 Å². The second kappa shape index (κ2) is 8.06. The van der Waals surface area contributed by atoms with Gasteiger partial charge in [-0.2, -0.15) is 0 Å². The number of benzene rings is 2. The Morgan fingerprint density at radius 1 is 1.03 bits per heavy atom. The number of phenols is 1. The lowest BCUT2D eigenvalue weighted by molar-refractivity contribution is 0.165. The van der Waals surface area contributed by atoms with Crippen molar-refractivity contribution in [3.63, 3.8) is 0 Å². The van der Waals surface area contributed by atoms with Crippen LogP contribution in [0.3, 0.4) is 0 Å². The number of ether oxygens (including phenoxy) is 1. The van der Waals surface area contributed by atoms with Gasteiger partial charge in [0.25, 0.3) is 0 Å². The molecule has 0 amide bonds. The summed E-state index contributed by atoms with van der Waals surface area (Å²) in [4.78, 5) is 5.37. The standard InChI is InChI=1S/C24H29FN2O2S/c1-14-13-20-17(4)21(28)15(2)16(3)23(20)29-22(14)24(30)27-11-9-26(10-12-27)19-7-5-18(25)6-8-19/h5-8,14,22,28H,9-13H2,1-4H3. The van der Waals surface area contributed by atoms with E-state index in [1.165, 1.54) is 12.1 Å². The molecule has 160 valence electrons. The summed E-state index contributed by atoms with van der Waals surface area (Å²) < 4.78 is 19.7. The van der Waals surface area contributed by atoms with E-state index in [-0.39, 0.29) is 17.8 Å². The van der Waals surface area contributed by atoms with Crippen molar-refractivity contribution in [2.75, 3.05) is 31.1 Å². The molecule has 0 aliphatic carbocycles. The molecule has 1 fully saturated rings. The summed E-state index contributed by atoms with van der Waals surface area (Å²) in [7, 11) is 0. The van der Waals surface area contributed by atoms with Gasteiger partial charge in [-0.05, 0) is 68.1 Å². The maximum atomic E-state index is 13.2. The zero-order chi connectivity index (χ0) is 21.6. The van der Waals surface area contributed by atoms with E-state index >= 15 is 0 Å². The Morgan fingerprint density at radius 3 is 2.30 bits per heavy atom. The summed E-state index contributed by atoms with van der Waals surface area (Å²) in [6.45, 7) is 11.4. The van der Waals surface area contributed by atoms with Gasteiger partial charge in [-0.1, -0.05) is 19.1 Å². The number of fused-ring (bicyclic) bond motifs is 1. The highest BCUT2D eigenvalue weighted by atomic mass is 32.1. The van der Waals surface area contributed by atoms with Crippen LogP contribution < -0.4 is 9.64 Å². The molecule has 4 nitrogen and oxygen atoms in total. The molecule has 0 saturated carbocycles. The lowest BCUT2D eigenvalue weighted by atomic mass is 9.86. The predicted molar refractivity (Wildman–Crippen MR) is 122 cm³/mol. The predicted octanol–water partition coefficient (Wildman–Crippen LogP) is 4.55. The maximum absolute atomic E-state index is 13.2. The van der Waals surface area contributed by atoms with Crippen LogP contribution in [-0.2, 0) is 6.42 Å². The molecule has 0 spiro atoms. The maximum Gasteiger partial charge on any atom is 0.151 e. The smallest absolute Gasteiger partial charge is 0.151 e. The number of anilines is 1. The number of phenolic OH excluding ortho intramolecular Hbond substituents is 1. The summed E-state index contributed by atoms with van der Waals surface area (Å²) >= 11 is 5.89. The molecule has 1 N–H and O–H groups in total. The van der Waals surface area contributed by atoms with E-state index in [2.05, 4.69) is 16.7 Å². The highest BCUT2D eigenvalue weighted by molar-refractivity contribution is 7.80. The minimum Gasteiger partial charge on any atom is -0.507 e. The van der Waals surface area contributed by atoms with Crippen LogP contribution in [0.4, 0.5) is 10.1 Å². The molecule has 0 radical (unpaired) electrons. The van der Waals surface area contributed by atoms with Gasteiger partial charge in [0.15, 0.2) is 6.10 Å². The summed E-state index contributed by atoms with van der Waals surface area (Å²) in [5.74, 6) is 1.29. The summed E-state index contributed by atoms with van der Waals surface area (Å²) in [6, 6.07) is 6.67. The summed E-state index contributed by atoms with van der Waals surface area (Å²) in [5.41, 5.74) is 4.92. The van der Waals surface area contributed by atoms with E-state index in [0.29, 0.717) is 5.75 Å². The molecule has 2 aliphatic heterocycles. The van der Waals surface area contributed by atoms with E-state index in [1.807, 2.05) is 32.9 Å². The molecule has 4 rings (SSSR count). The first-order valence-electron chi connectivity index (χ1n) is 10.6. The third-order valence-electron chi connectivity index (χ3n) is 6.65. The van der Waals surface area contributed by atoms with E-state index in [1.54, 1.807) is 0 Å². The number of hydrogen-bond donors (Lipinski definition) is 1. The quantitative estimate of drug-likeness (QED) is 0.711. The molecule has 6 heteroatoms. The highest BCUT2D eigenvalue weighted by Crippen LogP contribution is 2.42. The van der Waals surface area contributed by atoms with E-state index in [0.717, 1.165) is 71.3 Å². The monoisotopic (exact) mass is 428 g/mol. The van der Waals surface area contributed by atoms with Crippen molar-refractivity contribution in [2.45, 2.75) is 40.2 Å². The van der Waals surface area contributed by atoms with Crippen molar-refractivity contribution < 1.29 is 14.2 Å². The van der Waals surface area contributed by atoms with Crippen molar-refractivity contribution in [3.05, 3.63) is 52.3 Å². The lowest BCUT2D eigenvalue weighted by Gasteiger charge is -2.42. The fourth-order valence-corrected chi connectivity index (χ4v) is 5.02. The molecule has 0 aromatic heterocycles. The first kappa shape index (κ1) is 20.9. The largest absolute Gasteiger partial charge is 0.507 e. The number of halogens is 1. The lowest BCUT2D eigenvalue weighted by Crippen LogP contribution is -2.54. The average Bonchev–Trinajstić information content (AvgIpc) is 2.76. The minimum atomic E-state index is -0.212. The van der Waals surface area contributed by atoms with E-state index < -0.39 is 0 Å². The second-order valence-electron chi connectivity index (χ2n) is 8.54. The Labute approximate surface area is 183 Å². The van der Waals surface area contributed by atoms with Gasteiger partial charge < -0.3 is 19.6 Å². The van der Waals surface area contributed by atoms with Crippen molar-refractivity contribution in [3.8, 4) is 11.5 Å². The van der Waals surface area contributed by atoms with Crippen LogP contribution >= 0.6 is 12.2 Å².